The van der Waals surface area contributed by atoms with Crippen LogP contribution in [0.3, 0.4) is 0 Å². The molecule has 4 aromatic rings. The number of pyridine rings is 1. The minimum atomic E-state index is -0.351. The van der Waals surface area contributed by atoms with Gasteiger partial charge in [0.15, 0.2) is 0 Å². The van der Waals surface area contributed by atoms with Gasteiger partial charge in [-0.15, -0.1) is 11.3 Å². The summed E-state index contributed by atoms with van der Waals surface area (Å²) in [6, 6.07) is 7.63. The van der Waals surface area contributed by atoms with Crippen molar-refractivity contribution in [2.24, 2.45) is 0 Å². The summed E-state index contributed by atoms with van der Waals surface area (Å²) in [7, 11) is 1.67. The number of benzene rings is 1. The highest BCUT2D eigenvalue weighted by atomic mass is 32.1. The van der Waals surface area contributed by atoms with E-state index in [-0.39, 0.29) is 11.4 Å². The van der Waals surface area contributed by atoms with E-state index in [2.05, 4.69) is 15.3 Å². The van der Waals surface area contributed by atoms with Gasteiger partial charge in [-0.3, -0.25) is 9.36 Å². The topological polar surface area (TPSA) is 69.0 Å². The highest BCUT2D eigenvalue weighted by Crippen LogP contribution is 2.34. The molecule has 3 heterocycles. The second-order valence-corrected chi connectivity index (χ2v) is 6.99. The van der Waals surface area contributed by atoms with Crippen LogP contribution in [-0.2, 0) is 4.74 Å². The number of thiophene rings is 1. The van der Waals surface area contributed by atoms with E-state index in [4.69, 9.17) is 4.74 Å². The van der Waals surface area contributed by atoms with E-state index >= 15 is 0 Å². The summed E-state index contributed by atoms with van der Waals surface area (Å²) in [5.74, 6) is -0.351. The third kappa shape index (κ3) is 3.29. The van der Waals surface area contributed by atoms with Gasteiger partial charge in [0.25, 0.3) is 5.56 Å². The van der Waals surface area contributed by atoms with Crippen LogP contribution in [0.4, 0.5) is 10.1 Å². The van der Waals surface area contributed by atoms with Crippen molar-refractivity contribution in [2.75, 3.05) is 25.6 Å². The maximum absolute atomic E-state index is 13.2. The summed E-state index contributed by atoms with van der Waals surface area (Å²) in [5, 5.41) is 4.21. The van der Waals surface area contributed by atoms with Crippen LogP contribution < -0.4 is 10.9 Å². The Morgan fingerprint density at radius 2 is 2.04 bits per heavy atom. The Balaban J connectivity index is 1.81. The Hall–Kier alpha value is -2.84. The average Bonchev–Trinajstić information content (AvgIpc) is 3.07. The maximum Gasteiger partial charge on any atom is 0.275 e. The lowest BCUT2D eigenvalue weighted by Crippen LogP contribution is -2.17. The molecule has 0 bridgehead atoms. The Morgan fingerprint density at radius 3 is 2.81 bits per heavy atom. The number of halogens is 1. The Bertz CT molecular complexity index is 1150. The molecule has 0 spiro atoms. The summed E-state index contributed by atoms with van der Waals surface area (Å²) >= 11 is 1.31. The molecular weight excluding hydrogens is 367 g/mol. The van der Waals surface area contributed by atoms with E-state index in [9.17, 15) is 9.18 Å². The van der Waals surface area contributed by atoms with Crippen molar-refractivity contribution in [3.05, 3.63) is 59.0 Å². The molecule has 0 fully saturated rings. The van der Waals surface area contributed by atoms with Crippen molar-refractivity contribution < 1.29 is 9.13 Å². The van der Waals surface area contributed by atoms with Gasteiger partial charge < -0.3 is 10.1 Å². The van der Waals surface area contributed by atoms with Crippen LogP contribution in [-0.4, -0.2) is 34.8 Å². The fourth-order valence-corrected chi connectivity index (χ4v) is 3.98. The second kappa shape index (κ2) is 7.42. The highest BCUT2D eigenvalue weighted by Gasteiger charge is 2.16. The molecule has 1 N–H and O–H groups in total. The third-order valence-corrected chi connectivity index (χ3v) is 5.30. The van der Waals surface area contributed by atoms with Crippen LogP contribution >= 0.6 is 11.3 Å². The first kappa shape index (κ1) is 17.6. The van der Waals surface area contributed by atoms with Gasteiger partial charge in [0, 0.05) is 32.1 Å². The van der Waals surface area contributed by atoms with Gasteiger partial charge in [-0.25, -0.2) is 14.4 Å². The van der Waals surface area contributed by atoms with Crippen LogP contribution in [0.25, 0.3) is 26.1 Å². The molecule has 0 aliphatic heterocycles. The zero-order valence-electron chi connectivity index (χ0n) is 14.6. The monoisotopic (exact) mass is 384 g/mol. The van der Waals surface area contributed by atoms with Crippen molar-refractivity contribution in [3.8, 4) is 5.69 Å². The summed E-state index contributed by atoms with van der Waals surface area (Å²) < 4.78 is 20.2. The van der Waals surface area contributed by atoms with Gasteiger partial charge in [-0.2, -0.15) is 0 Å². The SMILES string of the molecule is COCCCNc1ccnc2sc3c(=O)n(-c4ccc(F)cc4)cnc3c12. The molecule has 8 heteroatoms. The first-order valence-electron chi connectivity index (χ1n) is 8.46. The first-order valence-corrected chi connectivity index (χ1v) is 9.28. The van der Waals surface area contributed by atoms with E-state index in [1.54, 1.807) is 25.4 Å². The molecule has 0 radical (unpaired) electrons. The van der Waals surface area contributed by atoms with Gasteiger partial charge in [0.2, 0.25) is 0 Å². The van der Waals surface area contributed by atoms with Crippen LogP contribution in [0, 0.1) is 5.82 Å². The van der Waals surface area contributed by atoms with Crippen molar-refractivity contribution >= 4 is 37.5 Å². The van der Waals surface area contributed by atoms with E-state index in [0.717, 1.165) is 28.9 Å². The number of nitrogens with one attached hydrogen (secondary N) is 1. The molecule has 1 aromatic carbocycles. The zero-order chi connectivity index (χ0) is 18.8. The lowest BCUT2D eigenvalue weighted by molar-refractivity contribution is 0.198. The quantitative estimate of drug-likeness (QED) is 0.515. The Kier molecular flexibility index (Phi) is 4.83. The number of fused-ring (bicyclic) bond motifs is 3. The smallest absolute Gasteiger partial charge is 0.275 e. The fourth-order valence-electron chi connectivity index (χ4n) is 2.93. The van der Waals surface area contributed by atoms with Crippen LogP contribution in [0.5, 0.6) is 0 Å². The molecule has 0 aliphatic carbocycles. The van der Waals surface area contributed by atoms with E-state index in [1.807, 2.05) is 6.07 Å². The summed E-state index contributed by atoms with van der Waals surface area (Å²) in [6.07, 6.45) is 4.06. The number of ether oxygens (including phenoxy) is 1. The first-order chi connectivity index (χ1) is 13.2. The second-order valence-electron chi connectivity index (χ2n) is 5.99. The normalized spacial score (nSPS) is 11.3. The fraction of sp³-hybridized carbons (Fsp3) is 0.211. The number of rotatable bonds is 6. The predicted octanol–water partition coefficient (Wildman–Crippen LogP) is 3.58. The summed E-state index contributed by atoms with van der Waals surface area (Å²) in [4.78, 5) is 22.6. The minimum Gasteiger partial charge on any atom is -0.385 e. The number of hydrogen-bond acceptors (Lipinski definition) is 6. The van der Waals surface area contributed by atoms with Gasteiger partial charge in [0.05, 0.1) is 16.6 Å². The van der Waals surface area contributed by atoms with E-state index in [0.29, 0.717) is 22.5 Å². The number of hydrogen-bond donors (Lipinski definition) is 1. The van der Waals surface area contributed by atoms with Gasteiger partial charge >= 0.3 is 0 Å². The van der Waals surface area contributed by atoms with Crippen LogP contribution in [0.2, 0.25) is 0 Å². The largest absolute Gasteiger partial charge is 0.385 e. The zero-order valence-corrected chi connectivity index (χ0v) is 15.4. The molecule has 0 saturated heterocycles. The lowest BCUT2D eigenvalue weighted by Gasteiger charge is -2.08. The number of methoxy groups -OCH3 is 1. The molecular formula is C19H17FN4O2S. The molecule has 0 unspecified atom stereocenters. The van der Waals surface area contributed by atoms with Gasteiger partial charge in [-0.05, 0) is 36.8 Å². The standard InChI is InChI=1S/C19H17FN4O2S/c1-26-10-2-8-21-14-7-9-22-18-15(14)16-17(27-18)19(25)24(11-23-16)13-5-3-12(20)4-6-13/h3-7,9,11H,2,8,10H2,1H3,(H,21,22). The summed E-state index contributed by atoms with van der Waals surface area (Å²) in [6.45, 7) is 1.42. The molecule has 0 amide bonds. The van der Waals surface area contributed by atoms with E-state index in [1.165, 1.54) is 34.4 Å². The Morgan fingerprint density at radius 1 is 1.22 bits per heavy atom. The predicted molar refractivity (Wildman–Crippen MR) is 105 cm³/mol. The van der Waals surface area contributed by atoms with Crippen molar-refractivity contribution in [1.29, 1.82) is 0 Å². The van der Waals surface area contributed by atoms with Crippen molar-refractivity contribution in [1.82, 2.24) is 14.5 Å². The number of nitrogens with zero attached hydrogens (tertiary/aromatic N) is 3. The van der Waals surface area contributed by atoms with Crippen molar-refractivity contribution in [2.45, 2.75) is 6.42 Å². The molecule has 6 nitrogen and oxygen atoms in total. The van der Waals surface area contributed by atoms with Crippen molar-refractivity contribution in [3.63, 3.8) is 0 Å². The lowest BCUT2D eigenvalue weighted by atomic mass is 10.2. The highest BCUT2D eigenvalue weighted by molar-refractivity contribution is 7.25. The third-order valence-electron chi connectivity index (χ3n) is 4.23. The summed E-state index contributed by atoms with van der Waals surface area (Å²) in [5.41, 5.74) is 1.90. The number of anilines is 1. The molecule has 3 aromatic heterocycles. The van der Waals surface area contributed by atoms with Gasteiger partial charge in [0.1, 0.15) is 21.7 Å². The molecule has 0 saturated carbocycles. The molecule has 4 rings (SSSR count). The minimum absolute atomic E-state index is 0.194. The maximum atomic E-state index is 13.2. The molecule has 138 valence electrons. The molecule has 27 heavy (non-hydrogen) atoms. The van der Waals surface area contributed by atoms with Crippen LogP contribution in [0.1, 0.15) is 6.42 Å². The number of aromatic nitrogens is 3. The van der Waals surface area contributed by atoms with Crippen LogP contribution in [0.15, 0.2) is 47.7 Å². The average molecular weight is 384 g/mol. The van der Waals surface area contributed by atoms with E-state index < -0.39 is 0 Å². The Labute approximate surface area is 158 Å². The molecule has 0 aliphatic rings. The molecule has 0 atom stereocenters. The van der Waals surface area contributed by atoms with Gasteiger partial charge in [-0.1, -0.05) is 0 Å².